The monoisotopic (exact) mass is 212 g/mol. The van der Waals surface area contributed by atoms with Crippen LogP contribution in [0.25, 0.3) is 0 Å². The Hall–Kier alpha value is -0.940. The lowest BCUT2D eigenvalue weighted by Gasteiger charge is -2.32. The summed E-state index contributed by atoms with van der Waals surface area (Å²) < 4.78 is 7.25. The summed E-state index contributed by atoms with van der Waals surface area (Å²) in [6, 6.07) is 0.213. The number of aryl methyl sites for hydroxylation is 1. The summed E-state index contributed by atoms with van der Waals surface area (Å²) in [7, 11) is 5.55. The quantitative estimate of drug-likeness (QED) is 0.766. The molecule has 1 rings (SSSR count). The summed E-state index contributed by atoms with van der Waals surface area (Å²) >= 11 is 0. The minimum atomic E-state index is -0.222. The molecule has 0 spiro atoms. The molecule has 0 bridgehead atoms. The number of rotatable bonds is 5. The third-order valence-electron chi connectivity index (χ3n) is 2.91. The first-order valence-electron chi connectivity index (χ1n) is 5.06. The molecule has 86 valence electrons. The van der Waals surface area contributed by atoms with E-state index in [2.05, 4.69) is 29.2 Å². The summed E-state index contributed by atoms with van der Waals surface area (Å²) in [5, 5.41) is 7.30. The normalized spacial score (nSPS) is 14.2. The Morgan fingerprint density at radius 1 is 1.60 bits per heavy atom. The molecule has 1 aromatic rings. The molecule has 1 aromatic heterocycles. The Kier molecular flexibility index (Phi) is 3.82. The maximum Gasteiger partial charge on any atom is 0.138 e. The van der Waals surface area contributed by atoms with Gasteiger partial charge in [-0.1, -0.05) is 0 Å². The van der Waals surface area contributed by atoms with E-state index in [4.69, 9.17) is 4.74 Å². The molecule has 0 fully saturated rings. The molecule has 15 heavy (non-hydrogen) atoms. The highest BCUT2D eigenvalue weighted by atomic mass is 16.5. The van der Waals surface area contributed by atoms with Crippen molar-refractivity contribution < 1.29 is 4.74 Å². The second-order valence-corrected chi connectivity index (χ2v) is 4.15. The lowest BCUT2D eigenvalue weighted by atomic mass is 9.95. The Bertz CT molecular complexity index is 308. The van der Waals surface area contributed by atoms with Crippen molar-refractivity contribution >= 4 is 0 Å². The van der Waals surface area contributed by atoms with Crippen LogP contribution in [0.5, 0.6) is 0 Å². The van der Waals surface area contributed by atoms with Gasteiger partial charge in [0.1, 0.15) is 12.2 Å². The third kappa shape index (κ3) is 2.76. The van der Waals surface area contributed by atoms with Crippen LogP contribution in [-0.4, -0.2) is 40.6 Å². The minimum Gasteiger partial charge on any atom is -0.377 e. The largest absolute Gasteiger partial charge is 0.377 e. The zero-order valence-corrected chi connectivity index (χ0v) is 10.1. The van der Waals surface area contributed by atoms with Crippen LogP contribution in [0.1, 0.15) is 19.7 Å². The van der Waals surface area contributed by atoms with Crippen LogP contribution in [0.4, 0.5) is 0 Å². The molecule has 5 nitrogen and oxygen atoms in total. The number of nitrogens with one attached hydrogen (secondary N) is 1. The van der Waals surface area contributed by atoms with Crippen LogP contribution in [0.3, 0.4) is 0 Å². The summed E-state index contributed by atoms with van der Waals surface area (Å²) in [6.45, 7) is 4.12. The lowest BCUT2D eigenvalue weighted by Crippen LogP contribution is -2.48. The van der Waals surface area contributed by atoms with E-state index in [-0.39, 0.29) is 11.6 Å². The van der Waals surface area contributed by atoms with Crippen molar-refractivity contribution in [2.75, 3.05) is 14.2 Å². The van der Waals surface area contributed by atoms with Gasteiger partial charge in [0.15, 0.2) is 0 Å². The van der Waals surface area contributed by atoms with E-state index in [9.17, 15) is 0 Å². The van der Waals surface area contributed by atoms with Crippen molar-refractivity contribution in [1.29, 1.82) is 0 Å². The average Bonchev–Trinajstić information content (AvgIpc) is 2.60. The molecular weight excluding hydrogens is 192 g/mol. The smallest absolute Gasteiger partial charge is 0.138 e. The zero-order valence-electron chi connectivity index (χ0n) is 10.1. The third-order valence-corrected chi connectivity index (χ3v) is 2.91. The fourth-order valence-electron chi connectivity index (χ4n) is 1.53. The first-order chi connectivity index (χ1) is 7.01. The Labute approximate surface area is 90.8 Å². The van der Waals surface area contributed by atoms with E-state index in [1.165, 1.54) is 0 Å². The maximum absolute atomic E-state index is 5.46. The molecular formula is C10H20N4O. The van der Waals surface area contributed by atoms with Crippen molar-refractivity contribution in [2.45, 2.75) is 31.9 Å². The number of hydrogen-bond donors (Lipinski definition) is 1. The Morgan fingerprint density at radius 2 is 2.27 bits per heavy atom. The molecule has 0 aliphatic heterocycles. The highest BCUT2D eigenvalue weighted by Gasteiger charge is 2.29. The fourth-order valence-corrected chi connectivity index (χ4v) is 1.53. The molecule has 0 amide bonds. The molecule has 0 aliphatic carbocycles. The molecule has 0 saturated carbocycles. The van der Waals surface area contributed by atoms with Crippen molar-refractivity contribution in [3.05, 3.63) is 12.2 Å². The van der Waals surface area contributed by atoms with Crippen LogP contribution in [-0.2, 0) is 18.2 Å². The highest BCUT2D eigenvalue weighted by molar-refractivity contribution is 4.95. The van der Waals surface area contributed by atoms with E-state index < -0.39 is 0 Å². The number of methoxy groups -OCH3 is 1. The van der Waals surface area contributed by atoms with Crippen LogP contribution >= 0.6 is 0 Å². The molecule has 1 N–H and O–H groups in total. The highest BCUT2D eigenvalue weighted by Crippen LogP contribution is 2.16. The van der Waals surface area contributed by atoms with Gasteiger partial charge in [-0.05, 0) is 20.9 Å². The number of nitrogens with zero attached hydrogens (tertiary/aromatic N) is 3. The maximum atomic E-state index is 5.46. The predicted molar refractivity (Wildman–Crippen MR) is 58.6 cm³/mol. The van der Waals surface area contributed by atoms with Gasteiger partial charge in [-0.2, -0.15) is 5.10 Å². The lowest BCUT2D eigenvalue weighted by molar-refractivity contribution is -0.00867. The van der Waals surface area contributed by atoms with Crippen LogP contribution in [0.15, 0.2) is 6.33 Å². The summed E-state index contributed by atoms with van der Waals surface area (Å²) in [4.78, 5) is 4.21. The standard InChI is InChI=1S/C10H20N4O/c1-10(2,15-5)8(11-3)6-9-12-7-13-14(9)4/h7-8,11H,6H2,1-5H3. The van der Waals surface area contributed by atoms with Gasteiger partial charge in [-0.25, -0.2) is 4.98 Å². The number of ether oxygens (including phenoxy) is 1. The van der Waals surface area contributed by atoms with Gasteiger partial charge in [0, 0.05) is 26.6 Å². The van der Waals surface area contributed by atoms with Crippen LogP contribution in [0, 0.1) is 0 Å². The summed E-state index contributed by atoms with van der Waals surface area (Å²) in [5.41, 5.74) is -0.222. The molecule has 5 heteroatoms. The van der Waals surface area contributed by atoms with E-state index in [0.29, 0.717) is 0 Å². The van der Waals surface area contributed by atoms with Gasteiger partial charge in [0.2, 0.25) is 0 Å². The first kappa shape index (κ1) is 12.1. The molecule has 1 heterocycles. The molecule has 0 saturated heterocycles. The molecule has 0 radical (unpaired) electrons. The first-order valence-corrected chi connectivity index (χ1v) is 5.06. The van der Waals surface area contributed by atoms with Crippen molar-refractivity contribution in [2.24, 2.45) is 7.05 Å². The molecule has 0 aliphatic rings. The molecule has 1 atom stereocenters. The van der Waals surface area contributed by atoms with E-state index in [0.717, 1.165) is 12.2 Å². The number of hydrogen-bond acceptors (Lipinski definition) is 4. The number of aromatic nitrogens is 3. The Morgan fingerprint density at radius 3 is 2.67 bits per heavy atom. The predicted octanol–water partition coefficient (Wildman–Crippen LogP) is 0.371. The fraction of sp³-hybridized carbons (Fsp3) is 0.800. The van der Waals surface area contributed by atoms with Crippen LogP contribution < -0.4 is 5.32 Å². The van der Waals surface area contributed by atoms with Gasteiger partial charge in [-0.15, -0.1) is 0 Å². The van der Waals surface area contributed by atoms with E-state index >= 15 is 0 Å². The van der Waals surface area contributed by atoms with E-state index in [1.54, 1.807) is 18.1 Å². The average molecular weight is 212 g/mol. The Balaban J connectivity index is 2.74. The van der Waals surface area contributed by atoms with Gasteiger partial charge in [0.05, 0.1) is 5.60 Å². The minimum absolute atomic E-state index is 0.213. The molecule has 0 aromatic carbocycles. The molecule has 1 unspecified atom stereocenters. The second kappa shape index (κ2) is 4.72. The van der Waals surface area contributed by atoms with Crippen LogP contribution in [0.2, 0.25) is 0 Å². The summed E-state index contributed by atoms with van der Waals surface area (Å²) in [6.07, 6.45) is 2.37. The second-order valence-electron chi connectivity index (χ2n) is 4.15. The topological polar surface area (TPSA) is 52.0 Å². The van der Waals surface area contributed by atoms with Gasteiger partial charge < -0.3 is 10.1 Å². The van der Waals surface area contributed by atoms with Crippen molar-refractivity contribution in [1.82, 2.24) is 20.1 Å². The van der Waals surface area contributed by atoms with Gasteiger partial charge >= 0.3 is 0 Å². The SMILES string of the molecule is CNC(Cc1ncnn1C)C(C)(C)OC. The van der Waals surface area contributed by atoms with Crippen molar-refractivity contribution in [3.63, 3.8) is 0 Å². The summed E-state index contributed by atoms with van der Waals surface area (Å²) in [5.74, 6) is 0.958. The van der Waals surface area contributed by atoms with Crippen molar-refractivity contribution in [3.8, 4) is 0 Å². The zero-order chi connectivity index (χ0) is 11.5. The van der Waals surface area contributed by atoms with E-state index in [1.807, 2.05) is 14.1 Å². The number of likely N-dealkylation sites (N-methyl/N-ethyl adjacent to an activating group) is 1. The van der Waals surface area contributed by atoms with Gasteiger partial charge in [0.25, 0.3) is 0 Å². The van der Waals surface area contributed by atoms with Gasteiger partial charge in [-0.3, -0.25) is 4.68 Å².